The second-order valence-electron chi connectivity index (χ2n) is 6.24. The van der Waals surface area contributed by atoms with Gasteiger partial charge in [0.1, 0.15) is 5.75 Å². The number of aryl methyl sites for hydroxylation is 1. The van der Waals surface area contributed by atoms with Crippen LogP contribution in [0.5, 0.6) is 5.75 Å². The summed E-state index contributed by atoms with van der Waals surface area (Å²) in [5.74, 6) is 0.758. The number of nitrogens with zero attached hydrogens (tertiary/aromatic N) is 2. The third-order valence-corrected chi connectivity index (χ3v) is 4.50. The SMILES string of the molecule is COc1ccccc1CNC(=O)NCc1c(C)nn(-c2ccccc2)c1C. The maximum atomic E-state index is 12.2. The molecule has 2 N–H and O–H groups in total. The van der Waals surface area contributed by atoms with Gasteiger partial charge < -0.3 is 15.4 Å². The molecule has 0 radical (unpaired) electrons. The molecule has 1 aromatic heterocycles. The van der Waals surface area contributed by atoms with E-state index in [1.54, 1.807) is 7.11 Å². The Hall–Kier alpha value is -3.28. The highest BCUT2D eigenvalue weighted by Gasteiger charge is 2.13. The van der Waals surface area contributed by atoms with Crippen molar-refractivity contribution in [1.82, 2.24) is 20.4 Å². The predicted molar refractivity (Wildman–Crippen MR) is 105 cm³/mol. The first kappa shape index (κ1) is 18.5. The van der Waals surface area contributed by atoms with Gasteiger partial charge in [0.15, 0.2) is 0 Å². The van der Waals surface area contributed by atoms with E-state index in [1.807, 2.05) is 73.1 Å². The zero-order valence-electron chi connectivity index (χ0n) is 15.8. The maximum absolute atomic E-state index is 12.2. The van der Waals surface area contributed by atoms with Crippen LogP contribution in [0.1, 0.15) is 22.5 Å². The lowest BCUT2D eigenvalue weighted by atomic mass is 10.2. The van der Waals surface area contributed by atoms with Gasteiger partial charge in [-0.2, -0.15) is 5.10 Å². The van der Waals surface area contributed by atoms with Crippen LogP contribution in [0.15, 0.2) is 54.6 Å². The van der Waals surface area contributed by atoms with Gasteiger partial charge >= 0.3 is 6.03 Å². The van der Waals surface area contributed by atoms with Crippen molar-refractivity contribution < 1.29 is 9.53 Å². The van der Waals surface area contributed by atoms with Crippen molar-refractivity contribution in [2.24, 2.45) is 0 Å². The number of hydrogen-bond acceptors (Lipinski definition) is 3. The van der Waals surface area contributed by atoms with E-state index in [0.29, 0.717) is 13.1 Å². The Morgan fingerprint density at radius 3 is 2.41 bits per heavy atom. The van der Waals surface area contributed by atoms with Crippen molar-refractivity contribution in [1.29, 1.82) is 0 Å². The number of amides is 2. The number of ether oxygens (including phenoxy) is 1. The smallest absolute Gasteiger partial charge is 0.315 e. The number of aromatic nitrogens is 2. The molecule has 2 amide bonds. The number of urea groups is 1. The Balaban J connectivity index is 1.62. The fourth-order valence-corrected chi connectivity index (χ4v) is 3.01. The maximum Gasteiger partial charge on any atom is 0.315 e. The lowest BCUT2D eigenvalue weighted by Crippen LogP contribution is -2.34. The van der Waals surface area contributed by atoms with E-state index in [9.17, 15) is 4.79 Å². The lowest BCUT2D eigenvalue weighted by Gasteiger charge is -2.11. The number of carbonyl (C=O) groups excluding carboxylic acids is 1. The molecule has 0 bridgehead atoms. The highest BCUT2D eigenvalue weighted by Crippen LogP contribution is 2.18. The zero-order chi connectivity index (χ0) is 19.2. The molecular weight excluding hydrogens is 340 g/mol. The van der Waals surface area contributed by atoms with Gasteiger partial charge in [-0.15, -0.1) is 0 Å². The molecule has 0 saturated heterocycles. The molecule has 1 heterocycles. The minimum Gasteiger partial charge on any atom is -0.496 e. The Morgan fingerprint density at radius 2 is 1.67 bits per heavy atom. The fourth-order valence-electron chi connectivity index (χ4n) is 3.01. The van der Waals surface area contributed by atoms with Gasteiger partial charge in [0.25, 0.3) is 0 Å². The first-order valence-corrected chi connectivity index (χ1v) is 8.84. The van der Waals surface area contributed by atoms with E-state index in [1.165, 1.54) is 0 Å². The summed E-state index contributed by atoms with van der Waals surface area (Å²) in [6.45, 7) is 4.78. The normalized spacial score (nSPS) is 10.5. The highest BCUT2D eigenvalue weighted by atomic mass is 16.5. The van der Waals surface area contributed by atoms with E-state index < -0.39 is 0 Å². The van der Waals surface area contributed by atoms with Crippen LogP contribution < -0.4 is 15.4 Å². The summed E-state index contributed by atoms with van der Waals surface area (Å²) in [5.41, 5.74) is 4.88. The first-order valence-electron chi connectivity index (χ1n) is 8.84. The van der Waals surface area contributed by atoms with Crippen LogP contribution in [0.25, 0.3) is 5.69 Å². The number of rotatable bonds is 6. The summed E-state index contributed by atoms with van der Waals surface area (Å²) in [6.07, 6.45) is 0. The van der Waals surface area contributed by atoms with Crippen molar-refractivity contribution in [3.05, 3.63) is 77.1 Å². The van der Waals surface area contributed by atoms with Crippen molar-refractivity contribution >= 4 is 6.03 Å². The molecule has 0 atom stereocenters. The summed E-state index contributed by atoms with van der Waals surface area (Å²) >= 11 is 0. The number of carbonyl (C=O) groups is 1. The average molecular weight is 364 g/mol. The Bertz CT molecular complexity index is 919. The van der Waals surface area contributed by atoms with E-state index in [0.717, 1.165) is 34.0 Å². The van der Waals surface area contributed by atoms with Crippen molar-refractivity contribution in [2.75, 3.05) is 7.11 Å². The molecule has 0 saturated carbocycles. The van der Waals surface area contributed by atoms with E-state index in [2.05, 4.69) is 15.7 Å². The number of nitrogens with one attached hydrogen (secondary N) is 2. The van der Waals surface area contributed by atoms with Gasteiger partial charge in [0, 0.05) is 29.9 Å². The molecule has 0 aliphatic carbocycles. The van der Waals surface area contributed by atoms with Crippen LogP contribution >= 0.6 is 0 Å². The molecule has 6 nitrogen and oxygen atoms in total. The van der Waals surface area contributed by atoms with Crippen LogP contribution in [-0.4, -0.2) is 22.9 Å². The lowest BCUT2D eigenvalue weighted by molar-refractivity contribution is 0.240. The molecule has 0 unspecified atom stereocenters. The minimum atomic E-state index is -0.229. The van der Waals surface area contributed by atoms with Crippen molar-refractivity contribution in [3.8, 4) is 11.4 Å². The fraction of sp³-hybridized carbons (Fsp3) is 0.238. The Kier molecular flexibility index (Phi) is 5.76. The second-order valence-corrected chi connectivity index (χ2v) is 6.24. The van der Waals surface area contributed by atoms with E-state index >= 15 is 0 Å². The predicted octanol–water partition coefficient (Wildman–Crippen LogP) is 3.50. The number of methoxy groups -OCH3 is 1. The zero-order valence-corrected chi connectivity index (χ0v) is 15.8. The summed E-state index contributed by atoms with van der Waals surface area (Å²) in [6, 6.07) is 17.4. The van der Waals surface area contributed by atoms with E-state index in [4.69, 9.17) is 4.74 Å². The van der Waals surface area contributed by atoms with E-state index in [-0.39, 0.29) is 6.03 Å². The number of benzene rings is 2. The van der Waals surface area contributed by atoms with Crippen molar-refractivity contribution in [3.63, 3.8) is 0 Å². The summed E-state index contributed by atoms with van der Waals surface area (Å²) in [4.78, 5) is 12.2. The molecule has 6 heteroatoms. The summed E-state index contributed by atoms with van der Waals surface area (Å²) in [7, 11) is 1.62. The number of para-hydroxylation sites is 2. The van der Waals surface area contributed by atoms with Crippen LogP contribution in [0.4, 0.5) is 4.79 Å². The minimum absolute atomic E-state index is 0.229. The van der Waals surface area contributed by atoms with Crippen LogP contribution in [-0.2, 0) is 13.1 Å². The third kappa shape index (κ3) is 4.28. The average Bonchev–Trinajstić information content (AvgIpc) is 2.99. The quantitative estimate of drug-likeness (QED) is 0.703. The molecule has 27 heavy (non-hydrogen) atoms. The topological polar surface area (TPSA) is 68.2 Å². The molecule has 140 valence electrons. The van der Waals surface area contributed by atoms with Gasteiger partial charge in [-0.1, -0.05) is 36.4 Å². The Morgan fingerprint density at radius 1 is 1.00 bits per heavy atom. The largest absolute Gasteiger partial charge is 0.496 e. The van der Waals surface area contributed by atoms with Gasteiger partial charge in [0.2, 0.25) is 0 Å². The third-order valence-electron chi connectivity index (χ3n) is 4.50. The first-order chi connectivity index (χ1) is 13.1. The molecule has 2 aromatic carbocycles. The van der Waals surface area contributed by atoms with Crippen LogP contribution in [0.2, 0.25) is 0 Å². The highest BCUT2D eigenvalue weighted by molar-refractivity contribution is 5.74. The van der Waals surface area contributed by atoms with Gasteiger partial charge in [0.05, 0.1) is 18.5 Å². The summed E-state index contributed by atoms with van der Waals surface area (Å²) in [5, 5.41) is 10.4. The summed E-state index contributed by atoms with van der Waals surface area (Å²) < 4.78 is 7.20. The second kappa shape index (κ2) is 8.40. The molecule has 0 fully saturated rings. The standard InChI is InChI=1S/C21H24N4O2/c1-15-19(16(2)25(24-15)18-10-5-4-6-11-18)14-23-21(26)22-13-17-9-7-8-12-20(17)27-3/h4-12H,13-14H2,1-3H3,(H2,22,23,26). The molecular formula is C21H24N4O2. The molecule has 3 aromatic rings. The molecule has 0 aliphatic heterocycles. The van der Waals surface area contributed by atoms with Crippen molar-refractivity contribution in [2.45, 2.75) is 26.9 Å². The van der Waals surface area contributed by atoms with Crippen LogP contribution in [0, 0.1) is 13.8 Å². The van der Waals surface area contributed by atoms with Crippen LogP contribution in [0.3, 0.4) is 0 Å². The molecule has 0 aliphatic rings. The Labute approximate surface area is 159 Å². The monoisotopic (exact) mass is 364 g/mol. The molecule has 0 spiro atoms. The van der Waals surface area contributed by atoms with Gasteiger partial charge in [-0.25, -0.2) is 9.48 Å². The van der Waals surface area contributed by atoms with Gasteiger partial charge in [-0.3, -0.25) is 0 Å². The van der Waals surface area contributed by atoms with Gasteiger partial charge in [-0.05, 0) is 32.0 Å². The molecule has 3 rings (SSSR count). The number of hydrogen-bond donors (Lipinski definition) is 2.